The molecule has 0 radical (unpaired) electrons. The first-order valence-electron chi connectivity index (χ1n) is 22.9. The predicted molar refractivity (Wildman–Crippen MR) is 247 cm³/mol. The molecule has 0 amide bonds. The van der Waals surface area contributed by atoms with E-state index < -0.39 is 43.3 Å². The maximum absolute atomic E-state index is 8.07. The van der Waals surface area contributed by atoms with Crippen molar-refractivity contribution in [2.45, 2.75) is 265 Å². The summed E-state index contributed by atoms with van der Waals surface area (Å²) in [5.41, 5.74) is 4.47. The van der Waals surface area contributed by atoms with Gasteiger partial charge in [-0.05, 0) is 0 Å². The number of hydrogen-bond acceptors (Lipinski definition) is 4. The zero-order valence-electron chi connectivity index (χ0n) is 39.7. The van der Waals surface area contributed by atoms with Gasteiger partial charge in [-0.15, -0.1) is 0 Å². The van der Waals surface area contributed by atoms with Crippen molar-refractivity contribution >= 4 is 43.3 Å². The Bertz CT molecular complexity index is 967. The zero-order valence-corrected chi connectivity index (χ0v) is 45.6. The van der Waals surface area contributed by atoms with Crippen molar-refractivity contribution < 1.29 is 18.0 Å². The summed E-state index contributed by atoms with van der Waals surface area (Å²) in [5.74, 6) is 0. The summed E-state index contributed by atoms with van der Waals surface area (Å²) in [6.45, 7) is 51.6. The van der Waals surface area contributed by atoms with E-state index in [0.717, 1.165) is 0 Å². The van der Waals surface area contributed by atoms with Gasteiger partial charge < -0.3 is 0 Å². The second kappa shape index (κ2) is 22.9. The van der Waals surface area contributed by atoms with Crippen LogP contribution in [0.25, 0.3) is 0 Å². The van der Waals surface area contributed by atoms with E-state index in [4.69, 9.17) is 18.0 Å². The molecule has 8 heteroatoms. The third-order valence-corrected chi connectivity index (χ3v) is 47.4. The van der Waals surface area contributed by atoms with Gasteiger partial charge in [0.15, 0.2) is 0 Å². The van der Waals surface area contributed by atoms with E-state index in [1.807, 2.05) is 0 Å². The Morgan fingerprint density at radius 2 is 0.830 bits per heavy atom. The molecule has 1 aliphatic heterocycles. The summed E-state index contributed by atoms with van der Waals surface area (Å²) in [6.07, 6.45) is 9.87. The van der Waals surface area contributed by atoms with E-state index in [0.29, 0.717) is 56.5 Å². The van der Waals surface area contributed by atoms with Crippen molar-refractivity contribution in [3.8, 4) is 0 Å². The number of ether oxygens (including phenoxy) is 1. The van der Waals surface area contributed by atoms with Crippen molar-refractivity contribution in [2.75, 3.05) is 6.61 Å². The molecule has 0 unspecified atom stereocenters. The molecule has 3 atom stereocenters. The molecule has 0 saturated heterocycles. The molecule has 1 rings (SSSR count). The minimum absolute atomic E-state index is 0.108. The molecule has 0 aliphatic carbocycles. The molecule has 0 bridgehead atoms. The second-order valence-corrected chi connectivity index (χ2v) is 49.5. The molecule has 4 nitrogen and oxygen atoms in total. The molecular formula is C45H96O4Si3Sn. The maximum atomic E-state index is 8.07. The first-order chi connectivity index (χ1) is 24.5. The van der Waals surface area contributed by atoms with Gasteiger partial charge in [0.1, 0.15) is 0 Å². The average molecular weight is 904 g/mol. The first-order valence-corrected chi connectivity index (χ1v) is 36.8. The van der Waals surface area contributed by atoms with E-state index in [1.54, 1.807) is 0 Å². The topological polar surface area (TPSA) is 36.9 Å². The van der Waals surface area contributed by atoms with Crippen LogP contribution < -0.4 is 0 Å². The summed E-state index contributed by atoms with van der Waals surface area (Å²) >= 11 is -3.04. The molecule has 53 heavy (non-hydrogen) atoms. The summed E-state index contributed by atoms with van der Waals surface area (Å²) in [7, 11) is -6.80. The van der Waals surface area contributed by atoms with E-state index in [-0.39, 0.29) is 18.3 Å². The van der Waals surface area contributed by atoms with Gasteiger partial charge in [-0.25, -0.2) is 0 Å². The first kappa shape index (κ1) is 51.9. The number of rotatable bonds is 26. The fraction of sp³-hybridized carbons (Fsp3) is 0.956. The summed E-state index contributed by atoms with van der Waals surface area (Å²) in [6, 6.07) is 0. The molecule has 1 aliphatic rings. The Kier molecular flexibility index (Phi) is 22.4. The molecule has 0 aromatic rings. The van der Waals surface area contributed by atoms with Gasteiger partial charge in [-0.2, -0.15) is 0 Å². The van der Waals surface area contributed by atoms with Crippen LogP contribution >= 0.6 is 0 Å². The van der Waals surface area contributed by atoms with Gasteiger partial charge in [0.2, 0.25) is 0 Å². The van der Waals surface area contributed by atoms with E-state index in [2.05, 4.69) is 151 Å². The van der Waals surface area contributed by atoms with E-state index >= 15 is 0 Å². The van der Waals surface area contributed by atoms with E-state index in [1.165, 1.54) is 55.6 Å². The molecule has 0 fully saturated rings. The van der Waals surface area contributed by atoms with Crippen molar-refractivity contribution in [1.29, 1.82) is 0 Å². The minimum atomic E-state index is -3.04. The molecule has 0 N–H and O–H groups in total. The third-order valence-electron chi connectivity index (χ3n) is 14.1. The summed E-state index contributed by atoms with van der Waals surface area (Å²) in [4.78, 5) is 0. The third kappa shape index (κ3) is 11.8. The van der Waals surface area contributed by atoms with Gasteiger partial charge in [0.25, 0.3) is 0 Å². The van der Waals surface area contributed by atoms with Crippen molar-refractivity contribution in [2.24, 2.45) is 0 Å². The Morgan fingerprint density at radius 1 is 0.509 bits per heavy atom. The van der Waals surface area contributed by atoms with Crippen molar-refractivity contribution in [3.05, 3.63) is 9.85 Å². The molecule has 0 aromatic heterocycles. The molecular weight excluding hydrogens is 807 g/mol. The average Bonchev–Trinajstić information content (AvgIpc) is 3.05. The van der Waals surface area contributed by atoms with Crippen molar-refractivity contribution in [1.82, 2.24) is 0 Å². The molecule has 316 valence electrons. The van der Waals surface area contributed by atoms with Crippen LogP contribution in [0.4, 0.5) is 0 Å². The molecule has 0 saturated carbocycles. The number of unbranched alkanes of at least 4 members (excludes halogenated alkanes) is 3. The van der Waals surface area contributed by atoms with Gasteiger partial charge >= 0.3 is 343 Å². The standard InChI is InChI=1S/C33H69O4Si3.3C4H9.Sn/c1-22(2)38(23(3)4,24(5)6)35-21-32-33(37-40(28(13)14,29(15)16)30(17)18)31(19-20-34-32)36-39(25(7)8,26(9)10)27(11)12;3*1-3-4-2;/h19,22-33H,21H2,1-18H3;3*1,3-4H2,2H3;/t31-,32+,33+;;;;/m0..../s1. The van der Waals surface area contributed by atoms with Crippen LogP contribution in [0, 0.1) is 0 Å². The fourth-order valence-electron chi connectivity index (χ4n) is 11.7. The van der Waals surface area contributed by atoms with Gasteiger partial charge in [0.05, 0.1) is 0 Å². The Morgan fingerprint density at radius 3 is 1.13 bits per heavy atom. The van der Waals surface area contributed by atoms with Gasteiger partial charge in [-0.1, -0.05) is 0 Å². The predicted octanol–water partition coefficient (Wildman–Crippen LogP) is 16.0. The Hall–Kier alpha value is 0.869. The normalized spacial score (nSPS) is 19.7. The fourth-order valence-corrected chi connectivity index (χ4v) is 43.9. The zero-order chi connectivity index (χ0) is 41.1. The van der Waals surface area contributed by atoms with Crippen LogP contribution in [0.3, 0.4) is 0 Å². The molecule has 0 spiro atoms. The summed E-state index contributed by atoms with van der Waals surface area (Å²) < 4.78 is 37.1. The van der Waals surface area contributed by atoms with Gasteiger partial charge in [-0.3, -0.25) is 0 Å². The SMILES string of the molecule is CCC[CH2][Sn]([CH2]CCC)([CH2]CCC)[C]1=C[C@H](O[Si](C(C)C)(C(C)C)C(C)C)[C@@H](O[Si](C(C)C)(C(C)C)C(C)C)[C@@H](CO[Si](C(C)C)(C(C)C)C(C)C)O1. The van der Waals surface area contributed by atoms with Crippen LogP contribution in [0.5, 0.6) is 0 Å². The summed E-state index contributed by atoms with van der Waals surface area (Å²) in [5, 5.41) is 0. The monoisotopic (exact) mass is 905 g/mol. The Labute approximate surface area is 341 Å². The van der Waals surface area contributed by atoms with Crippen LogP contribution in [-0.4, -0.2) is 68.2 Å². The van der Waals surface area contributed by atoms with Crippen LogP contribution in [0.1, 0.15) is 184 Å². The van der Waals surface area contributed by atoms with Crippen LogP contribution in [-0.2, 0) is 18.0 Å². The molecule has 1 heterocycles. The Balaban J connectivity index is 4.42. The quantitative estimate of drug-likeness (QED) is 0.0811. The van der Waals surface area contributed by atoms with Crippen molar-refractivity contribution in [3.63, 3.8) is 0 Å². The van der Waals surface area contributed by atoms with Gasteiger partial charge in [0, 0.05) is 0 Å². The van der Waals surface area contributed by atoms with E-state index in [9.17, 15) is 0 Å². The number of hydrogen-bond donors (Lipinski definition) is 0. The van der Waals surface area contributed by atoms with Crippen LogP contribution in [0.2, 0.25) is 63.2 Å². The van der Waals surface area contributed by atoms with Crippen LogP contribution in [0.15, 0.2) is 9.85 Å². The molecule has 0 aromatic carbocycles. The second-order valence-electron chi connectivity index (χ2n) is 20.2.